The summed E-state index contributed by atoms with van der Waals surface area (Å²) in [5.41, 5.74) is 6.49. The van der Waals surface area contributed by atoms with E-state index < -0.39 is 0 Å². The number of hydrogen-bond donors (Lipinski definition) is 4. The maximum Gasteiger partial charge on any atom is 0.324 e. The lowest BCUT2D eigenvalue weighted by molar-refractivity contribution is 0.262. The molecule has 108 valence electrons. The van der Waals surface area contributed by atoms with Crippen molar-refractivity contribution in [2.45, 2.75) is 0 Å². The molecule has 0 unspecified atom stereocenters. The summed E-state index contributed by atoms with van der Waals surface area (Å²) in [6.07, 6.45) is 1.59. The minimum absolute atomic E-state index is 0.218. The number of halogens is 1. The summed E-state index contributed by atoms with van der Waals surface area (Å²) in [6.45, 7) is 0. The number of amides is 3. The lowest BCUT2D eigenvalue weighted by Gasteiger charge is -2.09. The second-order valence-electron chi connectivity index (χ2n) is 3.90. The Kier molecular flexibility index (Phi) is 5.32. The molecule has 0 bridgehead atoms. The normalized spacial score (nSPS) is 9.57. The Bertz CT molecular complexity index is 618. The molecular weight excluding hydrogens is 385 g/mol. The van der Waals surface area contributed by atoms with Crippen molar-refractivity contribution in [2.75, 3.05) is 16.1 Å². The van der Waals surface area contributed by atoms with Gasteiger partial charge in [0.05, 0.1) is 5.69 Å². The molecular formula is C13H12IN5O2. The van der Waals surface area contributed by atoms with Gasteiger partial charge in [0.25, 0.3) is 3.91 Å². The summed E-state index contributed by atoms with van der Waals surface area (Å²) in [7, 11) is 0. The number of hydrogen-bond acceptors (Lipinski definition) is 4. The molecule has 0 saturated carbocycles. The van der Waals surface area contributed by atoms with Crippen LogP contribution in [-0.4, -0.2) is 14.9 Å². The van der Waals surface area contributed by atoms with Gasteiger partial charge in [-0.1, -0.05) is 6.07 Å². The van der Waals surface area contributed by atoms with E-state index >= 15 is 0 Å². The van der Waals surface area contributed by atoms with Crippen LogP contribution in [0, 0.1) is 0 Å². The zero-order valence-electron chi connectivity index (χ0n) is 10.8. The highest BCUT2D eigenvalue weighted by molar-refractivity contribution is 14.1. The van der Waals surface area contributed by atoms with Crippen molar-refractivity contribution in [1.82, 2.24) is 10.4 Å². The zero-order chi connectivity index (χ0) is 15.1. The summed E-state index contributed by atoms with van der Waals surface area (Å²) in [4.78, 5) is 26.5. The maximum atomic E-state index is 11.7. The second-order valence-corrected chi connectivity index (χ2v) is 4.87. The van der Waals surface area contributed by atoms with Crippen molar-refractivity contribution in [2.24, 2.45) is 0 Å². The Morgan fingerprint density at radius 2 is 1.67 bits per heavy atom. The first-order chi connectivity index (χ1) is 10.1. The topological polar surface area (TPSA) is 95.2 Å². The number of nitrogens with one attached hydrogen (secondary N) is 4. The zero-order valence-corrected chi connectivity index (χ0v) is 12.9. The molecule has 0 spiro atoms. The van der Waals surface area contributed by atoms with E-state index in [4.69, 9.17) is 0 Å². The molecule has 0 aliphatic carbocycles. The van der Waals surface area contributed by atoms with Crippen LogP contribution in [0.25, 0.3) is 0 Å². The van der Waals surface area contributed by atoms with E-state index in [1.54, 1.807) is 71.3 Å². The molecule has 4 N–H and O–H groups in total. The standard InChI is InChI=1S/C13H12IN5O2/c14-12(20)19-18-10-6-4-9(5-7-10)16-13(21)17-11-3-1-2-8-15-11/h1-8,18H,(H,19,20)(H2,15,16,17,21). The number of benzene rings is 1. The first-order valence-corrected chi connectivity index (χ1v) is 7.02. The lowest BCUT2D eigenvalue weighted by Crippen LogP contribution is -2.23. The molecule has 3 amide bonds. The fourth-order valence-electron chi connectivity index (χ4n) is 1.47. The predicted molar refractivity (Wildman–Crippen MR) is 89.5 cm³/mol. The Hall–Kier alpha value is -2.36. The fraction of sp³-hybridized carbons (Fsp3) is 0. The van der Waals surface area contributed by atoms with Gasteiger partial charge in [0, 0.05) is 34.5 Å². The number of aromatic nitrogens is 1. The minimum Gasteiger partial charge on any atom is -0.308 e. The van der Waals surface area contributed by atoms with Gasteiger partial charge in [-0.05, 0) is 36.4 Å². The van der Waals surface area contributed by atoms with E-state index in [1.165, 1.54) is 0 Å². The number of carbonyl (C=O) groups is 2. The molecule has 1 aromatic heterocycles. The highest BCUT2D eigenvalue weighted by Gasteiger charge is 2.03. The summed E-state index contributed by atoms with van der Waals surface area (Å²) in [6, 6.07) is 11.7. The quantitative estimate of drug-likeness (QED) is 0.276. The minimum atomic E-state index is -0.380. The van der Waals surface area contributed by atoms with Gasteiger partial charge >= 0.3 is 6.03 Å². The van der Waals surface area contributed by atoms with Gasteiger partial charge in [-0.15, -0.1) is 0 Å². The van der Waals surface area contributed by atoms with Crippen LogP contribution in [0.15, 0.2) is 48.7 Å². The molecule has 8 heteroatoms. The maximum absolute atomic E-state index is 11.7. The van der Waals surface area contributed by atoms with Crippen molar-refractivity contribution in [3.8, 4) is 0 Å². The van der Waals surface area contributed by atoms with Gasteiger partial charge in [-0.25, -0.2) is 9.78 Å². The van der Waals surface area contributed by atoms with E-state index in [0.717, 1.165) is 0 Å². The molecule has 0 radical (unpaired) electrons. The van der Waals surface area contributed by atoms with Crippen LogP contribution >= 0.6 is 22.6 Å². The largest absolute Gasteiger partial charge is 0.324 e. The Morgan fingerprint density at radius 1 is 0.952 bits per heavy atom. The van der Waals surface area contributed by atoms with Crippen LogP contribution in [0.3, 0.4) is 0 Å². The van der Waals surface area contributed by atoms with Gasteiger partial charge < -0.3 is 5.32 Å². The third kappa shape index (κ3) is 5.26. The monoisotopic (exact) mass is 397 g/mol. The molecule has 0 aliphatic rings. The molecule has 0 saturated heterocycles. The van der Waals surface area contributed by atoms with E-state index in [-0.39, 0.29) is 9.95 Å². The third-order valence-corrected chi connectivity index (χ3v) is 2.62. The van der Waals surface area contributed by atoms with E-state index in [9.17, 15) is 9.59 Å². The van der Waals surface area contributed by atoms with Gasteiger partial charge in [0.2, 0.25) is 0 Å². The van der Waals surface area contributed by atoms with Crippen LogP contribution in [0.2, 0.25) is 0 Å². The van der Waals surface area contributed by atoms with Crippen molar-refractivity contribution in [3.05, 3.63) is 48.7 Å². The lowest BCUT2D eigenvalue weighted by atomic mass is 10.3. The summed E-state index contributed by atoms with van der Waals surface area (Å²) < 4.78 is -0.218. The number of hydrazine groups is 1. The third-order valence-electron chi connectivity index (χ3n) is 2.35. The Morgan fingerprint density at radius 3 is 2.29 bits per heavy atom. The highest BCUT2D eigenvalue weighted by Crippen LogP contribution is 2.13. The molecule has 2 aromatic rings. The molecule has 1 heterocycles. The van der Waals surface area contributed by atoms with Crippen LogP contribution in [0.1, 0.15) is 0 Å². The van der Waals surface area contributed by atoms with Crippen molar-refractivity contribution < 1.29 is 9.59 Å². The van der Waals surface area contributed by atoms with E-state index in [2.05, 4.69) is 26.5 Å². The van der Waals surface area contributed by atoms with Crippen LogP contribution < -0.4 is 21.5 Å². The van der Waals surface area contributed by atoms with Crippen LogP contribution in [0.5, 0.6) is 0 Å². The van der Waals surface area contributed by atoms with E-state index in [1.807, 2.05) is 0 Å². The van der Waals surface area contributed by atoms with E-state index in [0.29, 0.717) is 17.2 Å². The number of pyridine rings is 1. The van der Waals surface area contributed by atoms with Gasteiger partial charge in [0.1, 0.15) is 5.82 Å². The van der Waals surface area contributed by atoms with Gasteiger partial charge in [0.15, 0.2) is 0 Å². The second kappa shape index (κ2) is 7.43. The number of anilines is 3. The first kappa shape index (κ1) is 15.0. The Balaban J connectivity index is 1.88. The Labute approximate surface area is 134 Å². The average Bonchev–Trinajstić information content (AvgIpc) is 2.47. The van der Waals surface area contributed by atoms with Gasteiger partial charge in [-0.3, -0.25) is 21.0 Å². The van der Waals surface area contributed by atoms with Crippen LogP contribution in [-0.2, 0) is 0 Å². The molecule has 1 aromatic carbocycles. The van der Waals surface area contributed by atoms with Gasteiger partial charge in [-0.2, -0.15) is 0 Å². The summed E-state index contributed by atoms with van der Waals surface area (Å²) >= 11 is 1.62. The smallest absolute Gasteiger partial charge is 0.308 e. The number of carbonyl (C=O) groups excluding carboxylic acids is 2. The predicted octanol–water partition coefficient (Wildman–Crippen LogP) is 3.20. The first-order valence-electron chi connectivity index (χ1n) is 5.94. The highest BCUT2D eigenvalue weighted by atomic mass is 127. The molecule has 7 nitrogen and oxygen atoms in total. The van der Waals surface area contributed by atoms with Crippen molar-refractivity contribution in [3.63, 3.8) is 0 Å². The number of nitrogens with zero attached hydrogens (tertiary/aromatic N) is 1. The molecule has 0 fully saturated rings. The summed E-state index contributed by atoms with van der Waals surface area (Å²) in [5.74, 6) is 0.470. The number of rotatable bonds is 4. The summed E-state index contributed by atoms with van der Waals surface area (Å²) in [5, 5.41) is 5.29. The van der Waals surface area contributed by atoms with Crippen LogP contribution in [0.4, 0.5) is 26.8 Å². The molecule has 0 atom stereocenters. The molecule has 21 heavy (non-hydrogen) atoms. The van der Waals surface area contributed by atoms with Crippen molar-refractivity contribution in [1.29, 1.82) is 0 Å². The molecule has 2 rings (SSSR count). The molecule has 0 aliphatic heterocycles. The number of urea groups is 1. The van der Waals surface area contributed by atoms with Crippen molar-refractivity contribution >= 4 is 49.7 Å². The average molecular weight is 397 g/mol. The SMILES string of the molecule is O=C(I)NNc1ccc(NC(=O)Nc2ccccn2)cc1. The fourth-order valence-corrected chi connectivity index (χ4v) is 1.61.